The molecule has 3 rings (SSSR count). The number of anilines is 2. The molecule has 1 aliphatic heterocycles. The van der Waals surface area contributed by atoms with Crippen molar-refractivity contribution < 1.29 is 4.39 Å². The molecule has 1 aliphatic rings. The van der Waals surface area contributed by atoms with E-state index in [4.69, 9.17) is 12.2 Å². The van der Waals surface area contributed by atoms with Crippen molar-refractivity contribution >= 4 is 28.7 Å². The van der Waals surface area contributed by atoms with E-state index in [0.29, 0.717) is 10.8 Å². The zero-order chi connectivity index (χ0) is 14.8. The summed E-state index contributed by atoms with van der Waals surface area (Å²) in [5.74, 6) is -0.266. The van der Waals surface area contributed by atoms with Crippen molar-refractivity contribution in [1.29, 1.82) is 0 Å². The number of rotatable bonds is 1. The third-order valence-corrected chi connectivity index (χ3v) is 4.00. The molecule has 2 aromatic rings. The SMILES string of the molecule is Cc1ccc2c(c1)CCCN2C(=S)Nc1cccc(F)c1. The fourth-order valence-electron chi connectivity index (χ4n) is 2.69. The zero-order valence-electron chi connectivity index (χ0n) is 11.9. The highest BCUT2D eigenvalue weighted by Crippen LogP contribution is 2.28. The molecule has 0 fully saturated rings. The average Bonchev–Trinajstić information content (AvgIpc) is 2.46. The van der Waals surface area contributed by atoms with Gasteiger partial charge in [0.15, 0.2) is 5.11 Å². The van der Waals surface area contributed by atoms with Crippen LogP contribution in [0.15, 0.2) is 42.5 Å². The fourth-order valence-corrected chi connectivity index (χ4v) is 3.00. The van der Waals surface area contributed by atoms with Gasteiger partial charge in [-0.3, -0.25) is 0 Å². The molecule has 21 heavy (non-hydrogen) atoms. The van der Waals surface area contributed by atoms with Crippen LogP contribution in [0.5, 0.6) is 0 Å². The molecule has 1 heterocycles. The number of hydrogen-bond donors (Lipinski definition) is 1. The van der Waals surface area contributed by atoms with Crippen LogP contribution in [0.1, 0.15) is 17.5 Å². The van der Waals surface area contributed by atoms with Crippen LogP contribution < -0.4 is 10.2 Å². The molecule has 0 aromatic heterocycles. The Morgan fingerprint density at radius 3 is 2.90 bits per heavy atom. The predicted molar refractivity (Wildman–Crippen MR) is 89.5 cm³/mol. The quantitative estimate of drug-likeness (QED) is 0.791. The van der Waals surface area contributed by atoms with E-state index in [1.54, 1.807) is 6.07 Å². The van der Waals surface area contributed by atoms with Gasteiger partial charge < -0.3 is 10.2 Å². The Kier molecular flexibility index (Phi) is 3.88. The van der Waals surface area contributed by atoms with Crippen LogP contribution in [-0.2, 0) is 6.42 Å². The van der Waals surface area contributed by atoms with Gasteiger partial charge in [-0.05, 0) is 61.8 Å². The largest absolute Gasteiger partial charge is 0.332 e. The van der Waals surface area contributed by atoms with Gasteiger partial charge >= 0.3 is 0 Å². The number of nitrogens with zero attached hydrogens (tertiary/aromatic N) is 1. The minimum atomic E-state index is -0.266. The molecule has 4 heteroatoms. The number of fused-ring (bicyclic) bond motifs is 1. The van der Waals surface area contributed by atoms with Gasteiger partial charge in [0.2, 0.25) is 0 Å². The molecule has 1 N–H and O–H groups in total. The fraction of sp³-hybridized carbons (Fsp3) is 0.235. The summed E-state index contributed by atoms with van der Waals surface area (Å²) in [7, 11) is 0. The Hall–Kier alpha value is -1.94. The van der Waals surface area contributed by atoms with E-state index in [0.717, 1.165) is 25.1 Å². The molecule has 0 amide bonds. The lowest BCUT2D eigenvalue weighted by molar-refractivity contribution is 0.628. The smallest absolute Gasteiger partial charge is 0.177 e. The summed E-state index contributed by atoms with van der Waals surface area (Å²) in [6.45, 7) is 2.99. The maximum Gasteiger partial charge on any atom is 0.177 e. The number of benzene rings is 2. The first-order valence-corrected chi connectivity index (χ1v) is 7.48. The third-order valence-electron chi connectivity index (χ3n) is 3.67. The Morgan fingerprint density at radius 1 is 1.24 bits per heavy atom. The summed E-state index contributed by atoms with van der Waals surface area (Å²) in [5, 5.41) is 3.74. The topological polar surface area (TPSA) is 15.3 Å². The molecule has 2 nitrogen and oxygen atoms in total. The minimum Gasteiger partial charge on any atom is -0.332 e. The van der Waals surface area contributed by atoms with Gasteiger partial charge in [0, 0.05) is 17.9 Å². The first-order valence-electron chi connectivity index (χ1n) is 7.07. The van der Waals surface area contributed by atoms with E-state index in [-0.39, 0.29) is 5.82 Å². The van der Waals surface area contributed by atoms with Crippen LogP contribution >= 0.6 is 12.2 Å². The second-order valence-electron chi connectivity index (χ2n) is 5.33. The van der Waals surface area contributed by atoms with Gasteiger partial charge in [-0.2, -0.15) is 0 Å². The number of hydrogen-bond acceptors (Lipinski definition) is 1. The summed E-state index contributed by atoms with van der Waals surface area (Å²) >= 11 is 5.50. The van der Waals surface area contributed by atoms with E-state index >= 15 is 0 Å². The van der Waals surface area contributed by atoms with E-state index in [1.807, 2.05) is 6.07 Å². The van der Waals surface area contributed by atoms with Crippen molar-refractivity contribution in [2.75, 3.05) is 16.8 Å². The monoisotopic (exact) mass is 300 g/mol. The van der Waals surface area contributed by atoms with Gasteiger partial charge in [-0.25, -0.2) is 4.39 Å². The Morgan fingerprint density at radius 2 is 2.10 bits per heavy atom. The van der Waals surface area contributed by atoms with Crippen molar-refractivity contribution in [2.24, 2.45) is 0 Å². The van der Waals surface area contributed by atoms with E-state index < -0.39 is 0 Å². The standard InChI is InChI=1S/C17H17FN2S/c1-12-7-8-16-13(10-12)4-3-9-20(16)17(21)19-15-6-2-5-14(18)11-15/h2,5-8,10-11H,3-4,9H2,1H3,(H,19,21). The Balaban J connectivity index is 1.83. The highest BCUT2D eigenvalue weighted by molar-refractivity contribution is 7.80. The molecule has 2 aromatic carbocycles. The molecule has 0 bridgehead atoms. The summed E-state index contributed by atoms with van der Waals surface area (Å²) in [6, 6.07) is 12.8. The summed E-state index contributed by atoms with van der Waals surface area (Å²) in [4.78, 5) is 2.10. The maximum absolute atomic E-state index is 13.2. The number of thiocarbonyl (C=S) groups is 1. The van der Waals surface area contributed by atoms with Crippen LogP contribution in [0.3, 0.4) is 0 Å². The molecule has 0 atom stereocenters. The third kappa shape index (κ3) is 3.05. The van der Waals surface area contributed by atoms with Crippen LogP contribution in [0, 0.1) is 12.7 Å². The lowest BCUT2D eigenvalue weighted by atomic mass is 10.00. The van der Waals surface area contributed by atoms with Gasteiger partial charge in [-0.1, -0.05) is 23.8 Å². The van der Waals surface area contributed by atoms with Crippen LogP contribution in [-0.4, -0.2) is 11.7 Å². The van der Waals surface area contributed by atoms with Crippen LogP contribution in [0.2, 0.25) is 0 Å². The van der Waals surface area contributed by atoms with Crippen molar-refractivity contribution in [2.45, 2.75) is 19.8 Å². The highest BCUT2D eigenvalue weighted by Gasteiger charge is 2.20. The number of halogens is 1. The Labute approximate surface area is 129 Å². The minimum absolute atomic E-state index is 0.266. The normalized spacial score (nSPS) is 13.7. The molecule has 0 aliphatic carbocycles. The zero-order valence-corrected chi connectivity index (χ0v) is 12.7. The van der Waals surface area contributed by atoms with Crippen molar-refractivity contribution in [3.63, 3.8) is 0 Å². The Bertz CT molecular complexity index is 684. The first kappa shape index (κ1) is 14.0. The first-order chi connectivity index (χ1) is 10.1. The molecule has 0 saturated carbocycles. The molecule has 0 radical (unpaired) electrons. The average molecular weight is 300 g/mol. The molecule has 0 saturated heterocycles. The summed E-state index contributed by atoms with van der Waals surface area (Å²) in [5.41, 5.74) is 4.42. The number of nitrogens with one attached hydrogen (secondary N) is 1. The van der Waals surface area contributed by atoms with Crippen molar-refractivity contribution in [3.05, 3.63) is 59.4 Å². The molecule has 0 unspecified atom stereocenters. The summed E-state index contributed by atoms with van der Waals surface area (Å²) < 4.78 is 13.2. The summed E-state index contributed by atoms with van der Waals surface area (Å²) in [6.07, 6.45) is 2.15. The molecular weight excluding hydrogens is 283 g/mol. The van der Waals surface area contributed by atoms with Crippen LogP contribution in [0.25, 0.3) is 0 Å². The van der Waals surface area contributed by atoms with Gasteiger partial charge in [0.1, 0.15) is 5.82 Å². The molecular formula is C17H17FN2S. The maximum atomic E-state index is 13.2. The van der Waals surface area contributed by atoms with Gasteiger partial charge in [-0.15, -0.1) is 0 Å². The highest BCUT2D eigenvalue weighted by atomic mass is 32.1. The van der Waals surface area contributed by atoms with Crippen molar-refractivity contribution in [3.8, 4) is 0 Å². The lowest BCUT2D eigenvalue weighted by Crippen LogP contribution is -2.38. The predicted octanol–water partition coefficient (Wildman–Crippen LogP) is 4.28. The second kappa shape index (κ2) is 5.82. The van der Waals surface area contributed by atoms with Crippen LogP contribution in [0.4, 0.5) is 15.8 Å². The van der Waals surface area contributed by atoms with Gasteiger partial charge in [0.05, 0.1) is 0 Å². The second-order valence-corrected chi connectivity index (χ2v) is 5.71. The van der Waals surface area contributed by atoms with E-state index in [2.05, 4.69) is 35.3 Å². The van der Waals surface area contributed by atoms with E-state index in [9.17, 15) is 4.39 Å². The number of aryl methyl sites for hydroxylation is 2. The van der Waals surface area contributed by atoms with Gasteiger partial charge in [0.25, 0.3) is 0 Å². The van der Waals surface area contributed by atoms with Crippen molar-refractivity contribution in [1.82, 2.24) is 0 Å². The lowest BCUT2D eigenvalue weighted by Gasteiger charge is -2.32. The molecule has 0 spiro atoms. The molecule has 108 valence electrons. The van der Waals surface area contributed by atoms with E-state index in [1.165, 1.54) is 23.3 Å².